The van der Waals surface area contributed by atoms with Crippen molar-refractivity contribution in [2.75, 3.05) is 12.4 Å². The molecule has 1 amide bonds. The summed E-state index contributed by atoms with van der Waals surface area (Å²) in [5.74, 6) is 1.64. The number of nitrogens with zero attached hydrogens (tertiary/aromatic N) is 2. The minimum atomic E-state index is -0.227. The summed E-state index contributed by atoms with van der Waals surface area (Å²) in [4.78, 5) is 24.8. The van der Waals surface area contributed by atoms with Crippen LogP contribution >= 0.6 is 0 Å². The van der Waals surface area contributed by atoms with E-state index in [1.807, 2.05) is 43.3 Å². The molecule has 4 aromatic rings. The van der Waals surface area contributed by atoms with Gasteiger partial charge in [-0.25, -0.2) is 9.97 Å². The number of carbonyl (C=O) groups is 1. The van der Waals surface area contributed by atoms with E-state index in [1.54, 1.807) is 31.4 Å². The van der Waals surface area contributed by atoms with Gasteiger partial charge in [0.15, 0.2) is 5.82 Å². The number of para-hydroxylation sites is 2. The van der Waals surface area contributed by atoms with Crippen LogP contribution in [0.5, 0.6) is 5.75 Å². The molecule has 0 aliphatic heterocycles. The SMILES string of the molecule is COc1ccc(C(=O)Nc2cccc(-c3nc4ccccc4[nH]3)n2)cc1C. The molecular weight excluding hydrogens is 340 g/mol. The predicted molar refractivity (Wildman–Crippen MR) is 105 cm³/mol. The second-order valence-electron chi connectivity index (χ2n) is 6.15. The largest absolute Gasteiger partial charge is 0.496 e. The number of aromatic nitrogens is 3. The van der Waals surface area contributed by atoms with Crippen LogP contribution in [0.2, 0.25) is 0 Å². The van der Waals surface area contributed by atoms with Gasteiger partial charge in [0.05, 0.1) is 18.1 Å². The van der Waals surface area contributed by atoms with E-state index < -0.39 is 0 Å². The number of pyridine rings is 1. The zero-order valence-electron chi connectivity index (χ0n) is 15.0. The lowest BCUT2D eigenvalue weighted by Gasteiger charge is -2.08. The first kappa shape index (κ1) is 16.8. The molecule has 2 aromatic carbocycles. The molecule has 0 radical (unpaired) electrons. The summed E-state index contributed by atoms with van der Waals surface area (Å²) in [6.07, 6.45) is 0. The molecule has 0 fully saturated rings. The number of aryl methyl sites for hydroxylation is 1. The van der Waals surface area contributed by atoms with Crippen LogP contribution in [0, 0.1) is 6.92 Å². The van der Waals surface area contributed by atoms with Crippen molar-refractivity contribution in [2.24, 2.45) is 0 Å². The van der Waals surface area contributed by atoms with E-state index in [2.05, 4.69) is 20.3 Å². The Morgan fingerprint density at radius 2 is 1.89 bits per heavy atom. The molecule has 4 rings (SSSR count). The Hall–Kier alpha value is -3.67. The van der Waals surface area contributed by atoms with Crippen LogP contribution in [0.4, 0.5) is 5.82 Å². The average molecular weight is 358 g/mol. The number of benzene rings is 2. The number of amides is 1. The summed E-state index contributed by atoms with van der Waals surface area (Å²) < 4.78 is 5.23. The van der Waals surface area contributed by atoms with Crippen molar-refractivity contribution in [3.8, 4) is 17.3 Å². The van der Waals surface area contributed by atoms with Gasteiger partial charge in [-0.2, -0.15) is 0 Å². The minimum absolute atomic E-state index is 0.227. The molecule has 2 heterocycles. The Balaban J connectivity index is 1.59. The van der Waals surface area contributed by atoms with Gasteiger partial charge in [0.1, 0.15) is 17.3 Å². The normalized spacial score (nSPS) is 10.7. The molecule has 6 heteroatoms. The van der Waals surface area contributed by atoms with Crippen LogP contribution in [-0.2, 0) is 0 Å². The highest BCUT2D eigenvalue weighted by molar-refractivity contribution is 6.04. The number of nitrogens with one attached hydrogen (secondary N) is 2. The molecule has 6 nitrogen and oxygen atoms in total. The van der Waals surface area contributed by atoms with Crippen LogP contribution in [0.1, 0.15) is 15.9 Å². The molecule has 0 spiro atoms. The minimum Gasteiger partial charge on any atom is -0.496 e. The lowest BCUT2D eigenvalue weighted by Crippen LogP contribution is -2.13. The van der Waals surface area contributed by atoms with Crippen LogP contribution in [0.25, 0.3) is 22.6 Å². The number of fused-ring (bicyclic) bond motifs is 1. The Kier molecular flexibility index (Phi) is 4.30. The topological polar surface area (TPSA) is 79.9 Å². The molecule has 0 atom stereocenters. The predicted octanol–water partition coefficient (Wildman–Crippen LogP) is 4.19. The van der Waals surface area contributed by atoms with Crippen LogP contribution in [0.15, 0.2) is 60.7 Å². The number of hydrogen-bond donors (Lipinski definition) is 2. The maximum atomic E-state index is 12.5. The molecule has 0 aliphatic carbocycles. The van der Waals surface area contributed by atoms with Gasteiger partial charge >= 0.3 is 0 Å². The molecule has 27 heavy (non-hydrogen) atoms. The molecular formula is C21H18N4O2. The standard InChI is InChI=1S/C21H18N4O2/c1-13-12-14(10-11-18(13)27-2)21(26)25-19-9-5-8-17(22-19)20-23-15-6-3-4-7-16(15)24-20/h3-12H,1-2H3,(H,23,24)(H,22,25,26). The summed E-state index contributed by atoms with van der Waals surface area (Å²) in [5.41, 5.74) is 3.92. The van der Waals surface area contributed by atoms with Gasteiger partial charge in [0.25, 0.3) is 5.91 Å². The molecule has 0 saturated carbocycles. The van der Waals surface area contributed by atoms with Gasteiger partial charge in [-0.3, -0.25) is 4.79 Å². The van der Waals surface area contributed by atoms with Crippen molar-refractivity contribution in [3.05, 3.63) is 71.8 Å². The molecule has 2 N–H and O–H groups in total. The fourth-order valence-electron chi connectivity index (χ4n) is 2.92. The van der Waals surface area contributed by atoms with E-state index in [4.69, 9.17) is 4.74 Å². The van der Waals surface area contributed by atoms with E-state index in [-0.39, 0.29) is 5.91 Å². The van der Waals surface area contributed by atoms with Gasteiger partial charge in [0.2, 0.25) is 0 Å². The maximum absolute atomic E-state index is 12.5. The highest BCUT2D eigenvalue weighted by atomic mass is 16.5. The lowest BCUT2D eigenvalue weighted by molar-refractivity contribution is 0.102. The fraction of sp³-hybridized carbons (Fsp3) is 0.0952. The fourth-order valence-corrected chi connectivity index (χ4v) is 2.92. The molecule has 0 saturated heterocycles. The number of methoxy groups -OCH3 is 1. The Morgan fingerprint density at radius 1 is 1.04 bits per heavy atom. The Morgan fingerprint density at radius 3 is 2.67 bits per heavy atom. The van der Waals surface area contributed by atoms with Gasteiger partial charge in [-0.1, -0.05) is 18.2 Å². The maximum Gasteiger partial charge on any atom is 0.256 e. The van der Waals surface area contributed by atoms with Crippen molar-refractivity contribution in [2.45, 2.75) is 6.92 Å². The third kappa shape index (κ3) is 3.37. The van der Waals surface area contributed by atoms with E-state index in [1.165, 1.54) is 0 Å². The van der Waals surface area contributed by atoms with Crippen molar-refractivity contribution >= 4 is 22.8 Å². The highest BCUT2D eigenvalue weighted by Gasteiger charge is 2.11. The van der Waals surface area contributed by atoms with Crippen molar-refractivity contribution in [1.82, 2.24) is 15.0 Å². The first-order valence-electron chi connectivity index (χ1n) is 8.52. The van der Waals surface area contributed by atoms with Crippen LogP contribution < -0.4 is 10.1 Å². The number of carbonyl (C=O) groups excluding carboxylic acids is 1. The van der Waals surface area contributed by atoms with Crippen LogP contribution in [0.3, 0.4) is 0 Å². The molecule has 2 aromatic heterocycles. The van der Waals surface area contributed by atoms with E-state index >= 15 is 0 Å². The summed E-state index contributed by atoms with van der Waals surface area (Å²) in [6, 6.07) is 18.5. The number of rotatable bonds is 4. The van der Waals surface area contributed by atoms with Crippen molar-refractivity contribution in [1.29, 1.82) is 0 Å². The van der Waals surface area contributed by atoms with Gasteiger partial charge < -0.3 is 15.0 Å². The molecule has 0 unspecified atom stereocenters. The van der Waals surface area contributed by atoms with Gasteiger partial charge in [-0.05, 0) is 55.0 Å². The molecule has 0 aliphatic rings. The van der Waals surface area contributed by atoms with Crippen molar-refractivity contribution in [3.63, 3.8) is 0 Å². The lowest BCUT2D eigenvalue weighted by atomic mass is 10.1. The van der Waals surface area contributed by atoms with Gasteiger partial charge in [0, 0.05) is 5.56 Å². The molecule has 134 valence electrons. The summed E-state index contributed by atoms with van der Waals surface area (Å²) >= 11 is 0. The zero-order chi connectivity index (χ0) is 18.8. The molecule has 0 bridgehead atoms. The summed E-state index contributed by atoms with van der Waals surface area (Å²) in [6.45, 7) is 1.90. The monoisotopic (exact) mass is 358 g/mol. The second kappa shape index (κ2) is 6.92. The van der Waals surface area contributed by atoms with Crippen LogP contribution in [-0.4, -0.2) is 28.0 Å². The van der Waals surface area contributed by atoms with E-state index in [9.17, 15) is 4.79 Å². The summed E-state index contributed by atoms with van der Waals surface area (Å²) in [5, 5.41) is 2.83. The first-order chi connectivity index (χ1) is 13.1. The van der Waals surface area contributed by atoms with E-state index in [0.29, 0.717) is 22.9 Å². The third-order valence-electron chi connectivity index (χ3n) is 4.28. The number of H-pyrrole nitrogens is 1. The third-order valence-corrected chi connectivity index (χ3v) is 4.28. The number of ether oxygens (including phenoxy) is 1. The van der Waals surface area contributed by atoms with Crippen molar-refractivity contribution < 1.29 is 9.53 Å². The number of anilines is 1. The Labute approximate surface area is 156 Å². The first-order valence-corrected chi connectivity index (χ1v) is 8.52. The Bertz CT molecular complexity index is 1100. The van der Waals surface area contributed by atoms with E-state index in [0.717, 1.165) is 22.3 Å². The number of imidazole rings is 1. The summed E-state index contributed by atoms with van der Waals surface area (Å²) in [7, 11) is 1.61. The highest BCUT2D eigenvalue weighted by Crippen LogP contribution is 2.21. The number of hydrogen-bond acceptors (Lipinski definition) is 4. The quantitative estimate of drug-likeness (QED) is 0.573. The van der Waals surface area contributed by atoms with Gasteiger partial charge in [-0.15, -0.1) is 0 Å². The average Bonchev–Trinajstić information content (AvgIpc) is 3.12. The number of aromatic amines is 1. The zero-order valence-corrected chi connectivity index (χ0v) is 15.0. The smallest absolute Gasteiger partial charge is 0.256 e. The second-order valence-corrected chi connectivity index (χ2v) is 6.15.